The van der Waals surface area contributed by atoms with E-state index in [1.165, 1.54) is 0 Å². The van der Waals surface area contributed by atoms with Gasteiger partial charge in [-0.05, 0) is 36.9 Å². The van der Waals surface area contributed by atoms with Crippen LogP contribution >= 0.6 is 11.6 Å². The summed E-state index contributed by atoms with van der Waals surface area (Å²) in [5.74, 6) is 0.777. The highest BCUT2D eigenvalue weighted by atomic mass is 35.5. The zero-order chi connectivity index (χ0) is 16.5. The summed E-state index contributed by atoms with van der Waals surface area (Å²) in [4.78, 5) is 13.8. The Bertz CT molecular complexity index is 602. The van der Waals surface area contributed by atoms with Gasteiger partial charge in [-0.15, -0.1) is 0 Å². The molecule has 1 N–H and O–H groups in total. The van der Waals surface area contributed by atoms with E-state index in [4.69, 9.17) is 16.3 Å². The maximum atomic E-state index is 11.9. The number of benzene rings is 2. The fourth-order valence-electron chi connectivity index (χ4n) is 2.03. The van der Waals surface area contributed by atoms with E-state index in [9.17, 15) is 4.79 Å². The zero-order valence-electron chi connectivity index (χ0n) is 13.2. The predicted octanol–water partition coefficient (Wildman–Crippen LogP) is 2.97. The lowest BCUT2D eigenvalue weighted by atomic mass is 10.2. The highest BCUT2D eigenvalue weighted by molar-refractivity contribution is 6.30. The monoisotopic (exact) mass is 332 g/mol. The number of hydrogen-bond acceptors (Lipinski definition) is 3. The fourth-order valence-corrected chi connectivity index (χ4v) is 2.15. The number of likely N-dealkylation sites (N-methyl/N-ethyl adjacent to an activating group) is 1. The molecule has 2 rings (SSSR count). The Labute approximate surface area is 142 Å². The van der Waals surface area contributed by atoms with E-state index in [0.717, 1.165) is 11.3 Å². The van der Waals surface area contributed by atoms with Gasteiger partial charge in [0.2, 0.25) is 5.91 Å². The Kier molecular flexibility index (Phi) is 6.91. The maximum Gasteiger partial charge on any atom is 0.234 e. The molecule has 1 amide bonds. The molecule has 0 aliphatic heterocycles. The van der Waals surface area contributed by atoms with E-state index in [-0.39, 0.29) is 5.91 Å². The molecule has 0 heterocycles. The Morgan fingerprint density at radius 1 is 1.13 bits per heavy atom. The van der Waals surface area contributed by atoms with Crippen molar-refractivity contribution in [2.45, 2.75) is 6.54 Å². The number of carbonyl (C=O) groups excluding carboxylic acids is 1. The molecule has 0 radical (unpaired) electrons. The van der Waals surface area contributed by atoms with E-state index < -0.39 is 0 Å². The number of nitrogens with zero attached hydrogens (tertiary/aromatic N) is 1. The number of hydrogen-bond donors (Lipinski definition) is 1. The van der Waals surface area contributed by atoms with Crippen LogP contribution in [0.15, 0.2) is 54.6 Å². The first-order valence-corrected chi connectivity index (χ1v) is 7.89. The first-order valence-electron chi connectivity index (χ1n) is 7.51. The van der Waals surface area contributed by atoms with Crippen molar-refractivity contribution in [3.8, 4) is 5.75 Å². The van der Waals surface area contributed by atoms with Gasteiger partial charge in [-0.25, -0.2) is 0 Å². The third-order valence-electron chi connectivity index (χ3n) is 3.30. The Morgan fingerprint density at radius 3 is 2.52 bits per heavy atom. The molecular weight excluding hydrogens is 312 g/mol. The molecule has 122 valence electrons. The van der Waals surface area contributed by atoms with Crippen LogP contribution in [-0.2, 0) is 11.3 Å². The van der Waals surface area contributed by atoms with Gasteiger partial charge in [0.1, 0.15) is 12.4 Å². The molecule has 0 unspecified atom stereocenters. The normalized spacial score (nSPS) is 10.6. The highest BCUT2D eigenvalue weighted by Crippen LogP contribution is 2.15. The van der Waals surface area contributed by atoms with Crippen molar-refractivity contribution in [1.29, 1.82) is 0 Å². The molecule has 0 atom stereocenters. The SMILES string of the molecule is CN(CCOc1ccc(Cl)cc1)CC(=O)NCc1ccccc1. The largest absolute Gasteiger partial charge is 0.492 e. The minimum atomic E-state index is 0.00264. The Balaban J connectivity index is 1.63. The highest BCUT2D eigenvalue weighted by Gasteiger charge is 2.06. The summed E-state index contributed by atoms with van der Waals surface area (Å²) < 4.78 is 5.61. The molecular formula is C18H21ClN2O2. The number of nitrogens with one attached hydrogen (secondary N) is 1. The zero-order valence-corrected chi connectivity index (χ0v) is 13.9. The average Bonchev–Trinajstić information content (AvgIpc) is 2.56. The van der Waals surface area contributed by atoms with Crippen molar-refractivity contribution in [2.75, 3.05) is 26.7 Å². The van der Waals surface area contributed by atoms with Crippen LogP contribution < -0.4 is 10.1 Å². The minimum absolute atomic E-state index is 0.00264. The van der Waals surface area contributed by atoms with Crippen LogP contribution in [-0.4, -0.2) is 37.6 Å². The smallest absolute Gasteiger partial charge is 0.234 e. The average molecular weight is 333 g/mol. The second kappa shape index (κ2) is 9.18. The van der Waals surface area contributed by atoms with Gasteiger partial charge in [-0.3, -0.25) is 9.69 Å². The quantitative estimate of drug-likeness (QED) is 0.808. The Morgan fingerprint density at radius 2 is 1.83 bits per heavy atom. The van der Waals surface area contributed by atoms with Gasteiger partial charge in [0.25, 0.3) is 0 Å². The summed E-state index contributed by atoms with van der Waals surface area (Å²) in [7, 11) is 1.90. The van der Waals surface area contributed by atoms with Crippen molar-refractivity contribution < 1.29 is 9.53 Å². The first-order chi connectivity index (χ1) is 11.1. The molecule has 2 aromatic carbocycles. The third-order valence-corrected chi connectivity index (χ3v) is 3.55. The lowest BCUT2D eigenvalue weighted by molar-refractivity contribution is -0.122. The van der Waals surface area contributed by atoms with Crippen molar-refractivity contribution in [1.82, 2.24) is 10.2 Å². The van der Waals surface area contributed by atoms with Crippen molar-refractivity contribution in [2.24, 2.45) is 0 Å². The number of amides is 1. The third kappa shape index (κ3) is 6.72. The first kappa shape index (κ1) is 17.3. The number of carbonyl (C=O) groups is 1. The number of rotatable bonds is 8. The fraction of sp³-hybridized carbons (Fsp3) is 0.278. The molecule has 0 saturated carbocycles. The van der Waals surface area contributed by atoms with Crippen LogP contribution in [0.2, 0.25) is 5.02 Å². The van der Waals surface area contributed by atoms with Gasteiger partial charge in [0, 0.05) is 18.1 Å². The molecule has 0 saturated heterocycles. The van der Waals surface area contributed by atoms with Crippen LogP contribution in [0.3, 0.4) is 0 Å². The topological polar surface area (TPSA) is 41.6 Å². The van der Waals surface area contributed by atoms with Crippen LogP contribution in [0.4, 0.5) is 0 Å². The van der Waals surface area contributed by atoms with E-state index in [1.54, 1.807) is 12.1 Å². The second-order valence-corrected chi connectivity index (χ2v) is 5.74. The van der Waals surface area contributed by atoms with Crippen LogP contribution in [0.5, 0.6) is 5.75 Å². The molecule has 0 aromatic heterocycles. The molecule has 4 nitrogen and oxygen atoms in total. The summed E-state index contributed by atoms with van der Waals surface area (Å²) in [6.07, 6.45) is 0. The second-order valence-electron chi connectivity index (χ2n) is 5.30. The minimum Gasteiger partial charge on any atom is -0.492 e. The molecule has 0 fully saturated rings. The molecule has 0 bridgehead atoms. The Hall–Kier alpha value is -2.04. The van der Waals surface area contributed by atoms with Crippen molar-refractivity contribution in [3.05, 3.63) is 65.2 Å². The van der Waals surface area contributed by atoms with Crippen LogP contribution in [0, 0.1) is 0 Å². The van der Waals surface area contributed by atoms with Crippen molar-refractivity contribution >= 4 is 17.5 Å². The number of ether oxygens (including phenoxy) is 1. The van der Waals surface area contributed by atoms with Crippen LogP contribution in [0.25, 0.3) is 0 Å². The van der Waals surface area contributed by atoms with E-state index in [0.29, 0.717) is 31.3 Å². The van der Waals surface area contributed by atoms with Gasteiger partial charge >= 0.3 is 0 Å². The maximum absolute atomic E-state index is 11.9. The van der Waals surface area contributed by atoms with Gasteiger partial charge in [0.05, 0.1) is 6.54 Å². The standard InChI is InChI=1S/C18H21ClN2O2/c1-21(11-12-23-17-9-7-16(19)8-10-17)14-18(22)20-13-15-5-3-2-4-6-15/h2-10H,11-14H2,1H3,(H,20,22). The molecule has 0 aliphatic rings. The summed E-state index contributed by atoms with van der Waals surface area (Å²) in [5.41, 5.74) is 1.09. The molecule has 2 aromatic rings. The van der Waals surface area contributed by atoms with Gasteiger partial charge < -0.3 is 10.1 Å². The van der Waals surface area contributed by atoms with E-state index in [1.807, 2.05) is 54.4 Å². The van der Waals surface area contributed by atoms with Gasteiger partial charge in [0.15, 0.2) is 0 Å². The lowest BCUT2D eigenvalue weighted by Gasteiger charge is -2.16. The predicted molar refractivity (Wildman–Crippen MR) is 92.7 cm³/mol. The van der Waals surface area contributed by atoms with E-state index >= 15 is 0 Å². The molecule has 0 spiro atoms. The van der Waals surface area contributed by atoms with Crippen LogP contribution in [0.1, 0.15) is 5.56 Å². The van der Waals surface area contributed by atoms with E-state index in [2.05, 4.69) is 5.32 Å². The van der Waals surface area contributed by atoms with Gasteiger partial charge in [-0.2, -0.15) is 0 Å². The molecule has 23 heavy (non-hydrogen) atoms. The summed E-state index contributed by atoms with van der Waals surface area (Å²) >= 11 is 5.82. The molecule has 0 aliphatic carbocycles. The number of halogens is 1. The summed E-state index contributed by atoms with van der Waals surface area (Å²) in [6, 6.07) is 17.1. The van der Waals surface area contributed by atoms with Crippen molar-refractivity contribution in [3.63, 3.8) is 0 Å². The summed E-state index contributed by atoms with van der Waals surface area (Å²) in [5, 5.41) is 3.59. The lowest BCUT2D eigenvalue weighted by Crippen LogP contribution is -2.36. The van der Waals surface area contributed by atoms with Gasteiger partial charge in [-0.1, -0.05) is 41.9 Å². The molecule has 5 heteroatoms. The summed E-state index contributed by atoms with van der Waals surface area (Å²) in [6.45, 7) is 2.08.